The van der Waals surface area contributed by atoms with Gasteiger partial charge in [0, 0.05) is 0 Å². The highest BCUT2D eigenvalue weighted by atomic mass is 16.6. The lowest BCUT2D eigenvalue weighted by atomic mass is 9.72. The zero-order valence-corrected chi connectivity index (χ0v) is 21.9. The molecule has 0 aromatic carbocycles. The van der Waals surface area contributed by atoms with Crippen molar-refractivity contribution in [3.8, 4) is 0 Å². The molecule has 0 N–H and O–H groups in total. The van der Waals surface area contributed by atoms with Gasteiger partial charge in [0.15, 0.2) is 0 Å². The Balaban J connectivity index is 6.49. The number of hydrogen-bond acceptors (Lipinski definition) is 8. The van der Waals surface area contributed by atoms with Gasteiger partial charge in [-0.15, -0.1) is 0 Å². The Hall–Kier alpha value is -2.12. The number of hydrogen-bond donors (Lipinski definition) is 0. The van der Waals surface area contributed by atoms with Crippen LogP contribution in [0.5, 0.6) is 0 Å². The molecule has 0 amide bonds. The third kappa shape index (κ3) is 10.0. The molecule has 8 heteroatoms. The van der Waals surface area contributed by atoms with Crippen LogP contribution in [0.4, 0.5) is 0 Å². The Bertz CT molecular complexity index is 547. The summed E-state index contributed by atoms with van der Waals surface area (Å²) in [5, 5.41) is 0. The first-order chi connectivity index (χ1) is 16.4. The third-order valence-electron chi connectivity index (χ3n) is 5.55. The summed E-state index contributed by atoms with van der Waals surface area (Å²) in [6.07, 6.45) is 6.63. The van der Waals surface area contributed by atoms with Crippen LogP contribution in [0.3, 0.4) is 0 Å². The number of carbonyl (C=O) groups is 4. The second kappa shape index (κ2) is 19.2. The molecule has 0 aliphatic heterocycles. The van der Waals surface area contributed by atoms with Gasteiger partial charge in [-0.1, -0.05) is 73.1 Å². The van der Waals surface area contributed by atoms with Gasteiger partial charge in [-0.05, 0) is 32.1 Å². The predicted octanol–water partition coefficient (Wildman–Crippen LogP) is 5.15. The molecule has 0 heterocycles. The SMILES string of the molecule is CCCCOC(=O)C(CCCC)C(C(=O)OCCCC)(C(=O)OCCCC)C(=O)OCCCC. The molecule has 0 saturated carbocycles. The lowest BCUT2D eigenvalue weighted by Gasteiger charge is -2.33. The second-order valence-electron chi connectivity index (χ2n) is 8.49. The summed E-state index contributed by atoms with van der Waals surface area (Å²) < 4.78 is 21.6. The lowest BCUT2D eigenvalue weighted by Crippen LogP contribution is -2.57. The van der Waals surface area contributed by atoms with Crippen LogP contribution >= 0.6 is 0 Å². The van der Waals surface area contributed by atoms with E-state index in [4.69, 9.17) is 18.9 Å². The molecule has 0 aliphatic rings. The van der Waals surface area contributed by atoms with Crippen molar-refractivity contribution in [3.63, 3.8) is 0 Å². The monoisotopic (exact) mass is 486 g/mol. The highest BCUT2D eigenvalue weighted by Crippen LogP contribution is 2.38. The van der Waals surface area contributed by atoms with E-state index in [0.717, 1.165) is 25.7 Å². The predicted molar refractivity (Wildman–Crippen MR) is 129 cm³/mol. The first kappa shape index (κ1) is 31.9. The zero-order valence-electron chi connectivity index (χ0n) is 21.9. The van der Waals surface area contributed by atoms with Gasteiger partial charge < -0.3 is 18.9 Å². The number of ether oxygens (including phenoxy) is 4. The zero-order chi connectivity index (χ0) is 25.8. The van der Waals surface area contributed by atoms with E-state index in [1.807, 2.05) is 34.6 Å². The first-order valence-electron chi connectivity index (χ1n) is 13.1. The number of esters is 4. The largest absolute Gasteiger partial charge is 0.465 e. The van der Waals surface area contributed by atoms with Crippen molar-refractivity contribution in [2.45, 2.75) is 105 Å². The van der Waals surface area contributed by atoms with E-state index in [-0.39, 0.29) is 32.8 Å². The molecule has 1 atom stereocenters. The summed E-state index contributed by atoms with van der Waals surface area (Å²) in [5.74, 6) is -5.47. The maximum absolute atomic E-state index is 13.5. The van der Waals surface area contributed by atoms with Gasteiger partial charge in [0.05, 0.1) is 32.3 Å². The fourth-order valence-corrected chi connectivity index (χ4v) is 3.28. The van der Waals surface area contributed by atoms with Crippen molar-refractivity contribution in [1.82, 2.24) is 0 Å². The van der Waals surface area contributed by atoms with E-state index in [9.17, 15) is 19.2 Å². The number of carbonyl (C=O) groups excluding carboxylic acids is 4. The van der Waals surface area contributed by atoms with Crippen LogP contribution in [-0.4, -0.2) is 50.3 Å². The quantitative estimate of drug-likeness (QED) is 0.101. The molecule has 198 valence electrons. The Morgan fingerprint density at radius 2 is 0.853 bits per heavy atom. The summed E-state index contributed by atoms with van der Waals surface area (Å²) in [4.78, 5) is 53.7. The van der Waals surface area contributed by atoms with Crippen molar-refractivity contribution < 1.29 is 38.1 Å². The van der Waals surface area contributed by atoms with E-state index in [1.54, 1.807) is 0 Å². The Morgan fingerprint density at radius 3 is 1.18 bits per heavy atom. The molecule has 0 saturated heterocycles. The van der Waals surface area contributed by atoms with Gasteiger partial charge in [-0.25, -0.2) is 0 Å². The molecule has 0 rings (SSSR count). The minimum absolute atomic E-state index is 0.0208. The standard InChI is InChI=1S/C26H46O8/c1-6-11-16-21(22(27)31-17-12-7-2)26(23(28)32-18-13-8-3,24(29)33-19-14-9-4)25(30)34-20-15-10-5/h21H,6-20H2,1-5H3. The molecule has 0 aliphatic carbocycles. The first-order valence-corrected chi connectivity index (χ1v) is 13.1. The van der Waals surface area contributed by atoms with Gasteiger partial charge in [0.2, 0.25) is 0 Å². The summed E-state index contributed by atoms with van der Waals surface area (Å²) in [6, 6.07) is 0. The molecule has 34 heavy (non-hydrogen) atoms. The second-order valence-corrected chi connectivity index (χ2v) is 8.49. The van der Waals surface area contributed by atoms with Crippen LogP contribution in [-0.2, 0) is 38.1 Å². The molecular weight excluding hydrogens is 440 g/mol. The molecular formula is C26H46O8. The van der Waals surface area contributed by atoms with Crippen molar-refractivity contribution in [2.24, 2.45) is 11.3 Å². The van der Waals surface area contributed by atoms with Gasteiger partial charge in [-0.3, -0.25) is 19.2 Å². The summed E-state index contributed by atoms with van der Waals surface area (Å²) in [7, 11) is 0. The minimum Gasteiger partial charge on any atom is -0.465 e. The van der Waals surface area contributed by atoms with Crippen molar-refractivity contribution in [2.75, 3.05) is 26.4 Å². The summed E-state index contributed by atoms with van der Waals surface area (Å²) in [5.41, 5.74) is -2.55. The Kier molecular flexibility index (Phi) is 18.0. The summed E-state index contributed by atoms with van der Waals surface area (Å²) >= 11 is 0. The lowest BCUT2D eigenvalue weighted by molar-refractivity contribution is -0.195. The molecule has 1 unspecified atom stereocenters. The maximum atomic E-state index is 13.5. The molecule has 0 bridgehead atoms. The van der Waals surface area contributed by atoms with Crippen LogP contribution < -0.4 is 0 Å². The fraction of sp³-hybridized carbons (Fsp3) is 0.846. The van der Waals surface area contributed by atoms with Crippen LogP contribution in [0.2, 0.25) is 0 Å². The van der Waals surface area contributed by atoms with Crippen molar-refractivity contribution in [1.29, 1.82) is 0 Å². The average Bonchev–Trinajstić information content (AvgIpc) is 2.82. The van der Waals surface area contributed by atoms with E-state index < -0.39 is 35.2 Å². The Morgan fingerprint density at radius 1 is 0.529 bits per heavy atom. The van der Waals surface area contributed by atoms with Crippen molar-refractivity contribution in [3.05, 3.63) is 0 Å². The molecule has 0 radical (unpaired) electrons. The molecule has 0 spiro atoms. The topological polar surface area (TPSA) is 105 Å². The molecule has 0 aromatic rings. The smallest absolute Gasteiger partial charge is 0.336 e. The maximum Gasteiger partial charge on any atom is 0.336 e. The third-order valence-corrected chi connectivity index (χ3v) is 5.55. The van der Waals surface area contributed by atoms with Crippen LogP contribution in [0.15, 0.2) is 0 Å². The van der Waals surface area contributed by atoms with Crippen LogP contribution in [0, 0.1) is 11.3 Å². The van der Waals surface area contributed by atoms with E-state index in [1.165, 1.54) is 0 Å². The van der Waals surface area contributed by atoms with Gasteiger partial charge in [-0.2, -0.15) is 0 Å². The molecule has 0 fully saturated rings. The number of rotatable bonds is 20. The highest BCUT2D eigenvalue weighted by Gasteiger charge is 2.65. The molecule has 0 aromatic heterocycles. The van der Waals surface area contributed by atoms with E-state index in [2.05, 4.69) is 0 Å². The number of unbranched alkanes of at least 4 members (excludes halogenated alkanes) is 5. The van der Waals surface area contributed by atoms with Crippen LogP contribution in [0.25, 0.3) is 0 Å². The summed E-state index contributed by atoms with van der Waals surface area (Å²) in [6.45, 7) is 9.84. The Labute approximate surface area is 205 Å². The van der Waals surface area contributed by atoms with Crippen LogP contribution in [0.1, 0.15) is 105 Å². The van der Waals surface area contributed by atoms with Gasteiger partial charge >= 0.3 is 23.9 Å². The average molecular weight is 487 g/mol. The van der Waals surface area contributed by atoms with Gasteiger partial charge in [0.1, 0.15) is 0 Å². The molecule has 8 nitrogen and oxygen atoms in total. The fourth-order valence-electron chi connectivity index (χ4n) is 3.28. The minimum atomic E-state index is -2.55. The van der Waals surface area contributed by atoms with E-state index >= 15 is 0 Å². The van der Waals surface area contributed by atoms with Crippen molar-refractivity contribution >= 4 is 23.9 Å². The van der Waals surface area contributed by atoms with E-state index in [0.29, 0.717) is 38.5 Å². The highest BCUT2D eigenvalue weighted by molar-refractivity contribution is 6.20. The normalized spacial score (nSPS) is 12.0. The van der Waals surface area contributed by atoms with Gasteiger partial charge in [0.25, 0.3) is 5.41 Å².